The van der Waals surface area contributed by atoms with Gasteiger partial charge in [0.05, 0.1) is 0 Å². The lowest BCUT2D eigenvalue weighted by atomic mass is 9.94. The van der Waals surface area contributed by atoms with Gasteiger partial charge in [-0.25, -0.2) is 0 Å². The lowest BCUT2D eigenvalue weighted by Crippen LogP contribution is -2.26. The highest BCUT2D eigenvalue weighted by Crippen LogP contribution is 2.32. The van der Waals surface area contributed by atoms with E-state index in [0.29, 0.717) is 5.92 Å². The molecule has 1 atom stereocenters. The van der Waals surface area contributed by atoms with E-state index < -0.39 is 0 Å². The van der Waals surface area contributed by atoms with Crippen molar-refractivity contribution in [3.8, 4) is 0 Å². The molecule has 2 heteroatoms. The van der Waals surface area contributed by atoms with Crippen LogP contribution < -0.4 is 0 Å². The van der Waals surface area contributed by atoms with Crippen LogP contribution in [0.4, 0.5) is 0 Å². The molecule has 0 saturated carbocycles. The Labute approximate surface area is 118 Å². The van der Waals surface area contributed by atoms with Crippen molar-refractivity contribution in [2.75, 3.05) is 0 Å². The minimum absolute atomic E-state index is 0.191. The fourth-order valence-corrected chi connectivity index (χ4v) is 2.13. The molecule has 0 aromatic carbocycles. The highest BCUT2D eigenvalue weighted by molar-refractivity contribution is 5.26. The average Bonchev–Trinajstić information content (AvgIpc) is 2.18. The zero-order valence-electron chi connectivity index (χ0n) is 13.7. The molecule has 1 aliphatic carbocycles. The van der Waals surface area contributed by atoms with Crippen LogP contribution in [0.1, 0.15) is 67.7 Å². The average molecular weight is 266 g/mol. The van der Waals surface area contributed by atoms with Crippen molar-refractivity contribution >= 4 is 0 Å². The Balaban J connectivity index is 2.87. The van der Waals surface area contributed by atoms with E-state index in [-0.39, 0.29) is 11.2 Å². The lowest BCUT2D eigenvalue weighted by Gasteiger charge is -2.32. The van der Waals surface area contributed by atoms with Crippen molar-refractivity contribution in [2.24, 2.45) is 5.92 Å². The van der Waals surface area contributed by atoms with Crippen LogP contribution in [-0.2, 0) is 9.47 Å². The summed E-state index contributed by atoms with van der Waals surface area (Å²) in [4.78, 5) is 0. The van der Waals surface area contributed by atoms with E-state index in [1.165, 1.54) is 12.8 Å². The Morgan fingerprint density at radius 1 is 1.00 bits per heavy atom. The highest BCUT2D eigenvalue weighted by Gasteiger charge is 2.25. The van der Waals surface area contributed by atoms with Gasteiger partial charge in [0, 0.05) is 0 Å². The largest absolute Gasteiger partial charge is 0.485 e. The predicted molar refractivity (Wildman–Crippen MR) is 80.9 cm³/mol. The van der Waals surface area contributed by atoms with Gasteiger partial charge in [0.25, 0.3) is 0 Å². The molecule has 0 aromatic heterocycles. The number of rotatable bonds is 4. The minimum Gasteiger partial charge on any atom is -0.485 e. The first-order valence-corrected chi connectivity index (χ1v) is 7.41. The van der Waals surface area contributed by atoms with E-state index in [4.69, 9.17) is 9.47 Å². The predicted octanol–water partition coefficient (Wildman–Crippen LogP) is 5.20. The second kappa shape index (κ2) is 6.02. The van der Waals surface area contributed by atoms with Crippen LogP contribution in [-0.4, -0.2) is 11.2 Å². The monoisotopic (exact) mass is 266 g/mol. The van der Waals surface area contributed by atoms with Crippen LogP contribution in [0, 0.1) is 5.92 Å². The normalized spacial score (nSPS) is 20.7. The van der Waals surface area contributed by atoms with Gasteiger partial charge in [0.1, 0.15) is 11.2 Å². The summed E-state index contributed by atoms with van der Waals surface area (Å²) in [6.45, 7) is 14.7. The van der Waals surface area contributed by atoms with Crippen LogP contribution in [0.25, 0.3) is 0 Å². The number of hydrogen-bond donors (Lipinski definition) is 0. The van der Waals surface area contributed by atoms with Crippen molar-refractivity contribution in [3.63, 3.8) is 0 Å². The molecule has 1 aliphatic rings. The van der Waals surface area contributed by atoms with E-state index in [0.717, 1.165) is 17.9 Å². The molecule has 0 fully saturated rings. The zero-order valence-corrected chi connectivity index (χ0v) is 13.7. The van der Waals surface area contributed by atoms with Gasteiger partial charge in [-0.1, -0.05) is 13.3 Å². The Morgan fingerprint density at radius 2 is 1.53 bits per heavy atom. The van der Waals surface area contributed by atoms with Gasteiger partial charge in [0.15, 0.2) is 11.5 Å². The standard InChI is InChI=1S/C17H30O2/c1-8-9-13-10-11-14(18-16(2,3)4)15(12-13)19-17(5,6)7/h11-13H,8-10H2,1-7H3. The lowest BCUT2D eigenvalue weighted by molar-refractivity contribution is 0.00229. The highest BCUT2D eigenvalue weighted by atomic mass is 16.6. The number of allylic oxidation sites excluding steroid dienone is 2. The minimum atomic E-state index is -0.194. The molecule has 0 spiro atoms. The molecule has 0 aromatic rings. The van der Waals surface area contributed by atoms with Gasteiger partial charge in [-0.15, -0.1) is 0 Å². The Kier molecular flexibility index (Phi) is 5.11. The maximum atomic E-state index is 6.08. The van der Waals surface area contributed by atoms with Crippen LogP contribution >= 0.6 is 0 Å². The molecule has 0 bridgehead atoms. The molecule has 0 heterocycles. The molecule has 1 rings (SSSR count). The Bertz CT molecular complexity index is 350. The summed E-state index contributed by atoms with van der Waals surface area (Å²) in [5.41, 5.74) is -0.385. The molecular formula is C17H30O2. The smallest absolute Gasteiger partial charge is 0.157 e. The topological polar surface area (TPSA) is 18.5 Å². The summed E-state index contributed by atoms with van der Waals surface area (Å²) in [6, 6.07) is 0. The van der Waals surface area contributed by atoms with E-state index in [2.05, 4.69) is 60.6 Å². The van der Waals surface area contributed by atoms with Crippen LogP contribution in [0.2, 0.25) is 0 Å². The third kappa shape index (κ3) is 6.17. The second-order valence-electron chi connectivity index (χ2n) is 7.31. The molecule has 0 saturated heterocycles. The van der Waals surface area contributed by atoms with Crippen molar-refractivity contribution in [2.45, 2.75) is 78.9 Å². The molecule has 110 valence electrons. The van der Waals surface area contributed by atoms with Gasteiger partial charge in [0.2, 0.25) is 0 Å². The van der Waals surface area contributed by atoms with Gasteiger partial charge in [-0.3, -0.25) is 0 Å². The summed E-state index contributed by atoms with van der Waals surface area (Å²) in [5, 5.41) is 0. The molecule has 19 heavy (non-hydrogen) atoms. The van der Waals surface area contributed by atoms with Crippen molar-refractivity contribution in [3.05, 3.63) is 23.7 Å². The maximum absolute atomic E-state index is 6.08. The van der Waals surface area contributed by atoms with Crippen LogP contribution in [0.5, 0.6) is 0 Å². The van der Waals surface area contributed by atoms with E-state index in [1.807, 2.05) is 0 Å². The SMILES string of the molecule is CCCC1C=C(OC(C)(C)C)C(OC(C)(C)C)=CC1. The third-order valence-corrected chi connectivity index (χ3v) is 2.73. The van der Waals surface area contributed by atoms with Gasteiger partial charge < -0.3 is 9.47 Å². The fourth-order valence-electron chi connectivity index (χ4n) is 2.13. The first-order chi connectivity index (χ1) is 8.61. The van der Waals surface area contributed by atoms with Crippen molar-refractivity contribution in [1.29, 1.82) is 0 Å². The summed E-state index contributed by atoms with van der Waals surface area (Å²) >= 11 is 0. The molecular weight excluding hydrogens is 236 g/mol. The summed E-state index contributed by atoms with van der Waals surface area (Å²) in [7, 11) is 0. The maximum Gasteiger partial charge on any atom is 0.157 e. The molecule has 0 radical (unpaired) electrons. The Morgan fingerprint density at radius 3 is 2.00 bits per heavy atom. The molecule has 2 nitrogen and oxygen atoms in total. The fraction of sp³-hybridized carbons (Fsp3) is 0.765. The van der Waals surface area contributed by atoms with Gasteiger partial charge in [-0.2, -0.15) is 0 Å². The first kappa shape index (κ1) is 16.1. The Hall–Kier alpha value is -0.920. The molecule has 0 N–H and O–H groups in total. The van der Waals surface area contributed by atoms with Crippen molar-refractivity contribution in [1.82, 2.24) is 0 Å². The summed E-state index contributed by atoms with van der Waals surface area (Å²) < 4.78 is 12.1. The third-order valence-electron chi connectivity index (χ3n) is 2.73. The molecule has 0 aliphatic heterocycles. The van der Waals surface area contributed by atoms with Crippen molar-refractivity contribution < 1.29 is 9.47 Å². The van der Waals surface area contributed by atoms with E-state index >= 15 is 0 Å². The number of ether oxygens (including phenoxy) is 2. The van der Waals surface area contributed by atoms with Crippen LogP contribution in [0.15, 0.2) is 23.7 Å². The van der Waals surface area contributed by atoms with Gasteiger partial charge in [-0.05, 0) is 72.5 Å². The summed E-state index contributed by atoms with van der Waals surface area (Å²) in [5.74, 6) is 2.39. The summed E-state index contributed by atoms with van der Waals surface area (Å²) in [6.07, 6.45) is 7.89. The van der Waals surface area contributed by atoms with Gasteiger partial charge >= 0.3 is 0 Å². The molecule has 0 amide bonds. The first-order valence-electron chi connectivity index (χ1n) is 7.41. The zero-order chi connectivity index (χ0) is 14.7. The quantitative estimate of drug-likeness (QED) is 0.696. The van der Waals surface area contributed by atoms with E-state index in [1.54, 1.807) is 0 Å². The molecule has 1 unspecified atom stereocenters. The second-order valence-corrected chi connectivity index (χ2v) is 7.31. The van der Waals surface area contributed by atoms with E-state index in [9.17, 15) is 0 Å². The van der Waals surface area contributed by atoms with Crippen LogP contribution in [0.3, 0.4) is 0 Å². The number of hydrogen-bond acceptors (Lipinski definition) is 2.